The van der Waals surface area contributed by atoms with E-state index in [4.69, 9.17) is 4.74 Å². The van der Waals surface area contributed by atoms with Gasteiger partial charge in [0.15, 0.2) is 18.2 Å². The van der Waals surface area contributed by atoms with Crippen molar-refractivity contribution in [2.24, 2.45) is 28.6 Å². The zero-order chi connectivity index (χ0) is 30.6. The van der Waals surface area contributed by atoms with E-state index < -0.39 is 40.9 Å². The van der Waals surface area contributed by atoms with Crippen LogP contribution in [0.3, 0.4) is 0 Å². The summed E-state index contributed by atoms with van der Waals surface area (Å²) in [6, 6.07) is 15.7. The number of carbonyl (C=O) groups is 4. The average Bonchev–Trinajstić information content (AvgIpc) is 3.27. The quantitative estimate of drug-likeness (QED) is 0.362. The summed E-state index contributed by atoms with van der Waals surface area (Å²) in [5.41, 5.74) is -0.205. The van der Waals surface area contributed by atoms with E-state index in [0.29, 0.717) is 23.1 Å². The molecule has 4 aliphatic carbocycles. The summed E-state index contributed by atoms with van der Waals surface area (Å²) < 4.78 is 5.36. The van der Waals surface area contributed by atoms with Gasteiger partial charge in [0.1, 0.15) is 5.60 Å². The highest BCUT2D eigenvalue weighted by Crippen LogP contribution is 2.67. The van der Waals surface area contributed by atoms with E-state index in [0.717, 1.165) is 18.4 Å². The van der Waals surface area contributed by atoms with Crippen molar-refractivity contribution in [1.82, 2.24) is 0 Å². The molecule has 43 heavy (non-hydrogen) atoms. The van der Waals surface area contributed by atoms with Crippen LogP contribution >= 0.6 is 0 Å². The molecule has 7 heteroatoms. The summed E-state index contributed by atoms with van der Waals surface area (Å²) >= 11 is 0. The van der Waals surface area contributed by atoms with Gasteiger partial charge >= 0.3 is 5.97 Å². The summed E-state index contributed by atoms with van der Waals surface area (Å²) in [7, 11) is 0. The number of allylic oxidation sites excluding steroid dienone is 4. The predicted molar refractivity (Wildman–Crippen MR) is 159 cm³/mol. The molecule has 0 aromatic heterocycles. The summed E-state index contributed by atoms with van der Waals surface area (Å²) in [4.78, 5) is 50.9. The molecule has 0 saturated heterocycles. The second-order valence-electron chi connectivity index (χ2n) is 13.3. The largest absolute Gasteiger partial charge is 0.457 e. The minimum atomic E-state index is -1.71. The predicted octanol–water partition coefficient (Wildman–Crippen LogP) is 4.58. The van der Waals surface area contributed by atoms with Crippen LogP contribution < -0.4 is 0 Å². The number of ether oxygens (including phenoxy) is 1. The molecule has 0 radical (unpaired) electrons. The zero-order valence-corrected chi connectivity index (χ0v) is 24.6. The number of ketones is 3. The van der Waals surface area contributed by atoms with Crippen LogP contribution in [0.2, 0.25) is 0 Å². The van der Waals surface area contributed by atoms with Crippen molar-refractivity contribution >= 4 is 23.3 Å². The van der Waals surface area contributed by atoms with Crippen LogP contribution in [0.1, 0.15) is 67.4 Å². The molecule has 3 saturated carbocycles. The molecule has 7 atom stereocenters. The van der Waals surface area contributed by atoms with Crippen molar-refractivity contribution in [3.8, 4) is 0 Å². The minimum Gasteiger partial charge on any atom is -0.457 e. The Morgan fingerprint density at radius 3 is 2.40 bits per heavy atom. The lowest BCUT2D eigenvalue weighted by Gasteiger charge is -2.59. The number of Topliss-reactive ketones (excluding diaryl/α,β-unsaturated/α-hetero) is 1. The van der Waals surface area contributed by atoms with E-state index in [1.54, 1.807) is 60.7 Å². The van der Waals surface area contributed by atoms with Crippen LogP contribution in [0, 0.1) is 28.6 Å². The number of esters is 1. The summed E-state index contributed by atoms with van der Waals surface area (Å²) in [6.07, 6.45) is 7.11. The molecule has 4 aliphatic rings. The molecule has 2 N–H and O–H groups in total. The summed E-state index contributed by atoms with van der Waals surface area (Å²) in [5.74, 6) is -1.25. The lowest BCUT2D eigenvalue weighted by Crippen LogP contribution is -2.61. The van der Waals surface area contributed by atoms with Crippen LogP contribution in [-0.4, -0.2) is 51.8 Å². The molecule has 0 spiro atoms. The van der Waals surface area contributed by atoms with Gasteiger partial charge in [0.2, 0.25) is 5.78 Å². The first-order valence-electron chi connectivity index (χ1n) is 15.2. The number of carbonyl (C=O) groups excluding carboxylic acids is 4. The standard InChI is InChI=1S/C36H38O7/c1-34-16-14-26(37)19-25(34)12-13-27-28-15-17-36(42,35(28,2)20-29(38)32(27)34)30(39)21-43-31(40)18-22-8-10-24(11-9-22)33(41)23-6-4-3-5-7-23/h3-11,14,16,19,27-29,32,38,42H,12-13,15,17-18,20-21H2,1-2H3/t27?,28?,29?,32?,34?,35?,36-/m0/s1. The van der Waals surface area contributed by atoms with E-state index in [2.05, 4.69) is 6.92 Å². The number of fused-ring (bicyclic) bond motifs is 5. The molecule has 0 bridgehead atoms. The monoisotopic (exact) mass is 582 g/mol. The lowest BCUT2D eigenvalue weighted by atomic mass is 9.46. The van der Waals surface area contributed by atoms with Crippen LogP contribution in [0.4, 0.5) is 0 Å². The minimum absolute atomic E-state index is 0.0204. The maximum Gasteiger partial charge on any atom is 0.310 e. The fourth-order valence-corrected chi connectivity index (χ4v) is 8.80. The van der Waals surface area contributed by atoms with Gasteiger partial charge in [-0.1, -0.05) is 80.1 Å². The third-order valence-electron chi connectivity index (χ3n) is 11.1. The molecular weight excluding hydrogens is 544 g/mol. The Morgan fingerprint density at radius 2 is 1.67 bits per heavy atom. The Bertz CT molecular complexity index is 1520. The second-order valence-corrected chi connectivity index (χ2v) is 13.3. The molecule has 0 aliphatic heterocycles. The lowest BCUT2D eigenvalue weighted by molar-refractivity contribution is -0.181. The Balaban J connectivity index is 1.10. The van der Waals surface area contributed by atoms with Crippen molar-refractivity contribution in [3.63, 3.8) is 0 Å². The second kappa shape index (κ2) is 10.8. The first kappa shape index (κ1) is 29.4. The fraction of sp³-hybridized carbons (Fsp3) is 0.444. The maximum atomic E-state index is 13.5. The van der Waals surface area contributed by atoms with Gasteiger partial charge in [-0.25, -0.2) is 0 Å². The number of rotatable bonds is 7. The van der Waals surface area contributed by atoms with E-state index >= 15 is 0 Å². The van der Waals surface area contributed by atoms with Gasteiger partial charge in [0.25, 0.3) is 0 Å². The molecular formula is C36H38O7. The van der Waals surface area contributed by atoms with Crippen LogP contribution in [0.5, 0.6) is 0 Å². The Morgan fingerprint density at radius 1 is 0.977 bits per heavy atom. The van der Waals surface area contributed by atoms with Crippen molar-refractivity contribution in [3.05, 3.63) is 95.1 Å². The summed E-state index contributed by atoms with van der Waals surface area (Å²) in [6.45, 7) is 3.45. The highest BCUT2D eigenvalue weighted by Gasteiger charge is 2.68. The van der Waals surface area contributed by atoms with Gasteiger partial charge in [-0.05, 0) is 61.7 Å². The molecule has 6 rings (SSSR count). The molecule has 3 fully saturated rings. The highest BCUT2D eigenvalue weighted by molar-refractivity contribution is 6.09. The first-order valence-corrected chi connectivity index (χ1v) is 15.2. The van der Waals surface area contributed by atoms with Gasteiger partial charge in [-0.2, -0.15) is 0 Å². The van der Waals surface area contributed by atoms with Crippen LogP contribution in [0.15, 0.2) is 78.4 Å². The third kappa shape index (κ3) is 4.83. The molecule has 6 unspecified atom stereocenters. The van der Waals surface area contributed by atoms with Gasteiger partial charge in [0, 0.05) is 27.9 Å². The van der Waals surface area contributed by atoms with Gasteiger partial charge in [-0.15, -0.1) is 0 Å². The average molecular weight is 583 g/mol. The third-order valence-corrected chi connectivity index (χ3v) is 11.1. The molecule has 2 aromatic rings. The Kier molecular flexibility index (Phi) is 7.38. The Hall–Kier alpha value is -3.68. The number of benzene rings is 2. The van der Waals surface area contributed by atoms with E-state index in [1.807, 2.05) is 19.1 Å². The Labute approximate surface area is 251 Å². The van der Waals surface area contributed by atoms with E-state index in [1.165, 1.54) is 0 Å². The molecule has 2 aromatic carbocycles. The molecule has 7 nitrogen and oxygen atoms in total. The zero-order valence-electron chi connectivity index (χ0n) is 24.6. The topological polar surface area (TPSA) is 118 Å². The molecule has 0 amide bonds. The molecule has 224 valence electrons. The number of hydrogen-bond acceptors (Lipinski definition) is 7. The van der Waals surface area contributed by atoms with E-state index in [9.17, 15) is 29.4 Å². The van der Waals surface area contributed by atoms with Crippen LogP contribution in [-0.2, 0) is 25.5 Å². The number of aliphatic hydroxyl groups excluding tert-OH is 1. The maximum absolute atomic E-state index is 13.5. The van der Waals surface area contributed by atoms with Crippen molar-refractivity contribution in [2.45, 2.75) is 64.1 Å². The van der Waals surface area contributed by atoms with Gasteiger partial charge in [-0.3, -0.25) is 19.2 Å². The molecule has 0 heterocycles. The normalized spacial score (nSPS) is 34.4. The van der Waals surface area contributed by atoms with Gasteiger partial charge in [0.05, 0.1) is 12.5 Å². The smallest absolute Gasteiger partial charge is 0.310 e. The summed E-state index contributed by atoms with van der Waals surface area (Å²) in [5, 5.41) is 23.4. The highest BCUT2D eigenvalue weighted by atomic mass is 16.5. The van der Waals surface area contributed by atoms with Crippen molar-refractivity contribution < 1.29 is 34.1 Å². The number of aliphatic hydroxyl groups is 2. The fourth-order valence-electron chi connectivity index (χ4n) is 8.80. The number of hydrogen-bond donors (Lipinski definition) is 2. The van der Waals surface area contributed by atoms with Crippen molar-refractivity contribution in [1.29, 1.82) is 0 Å². The SMILES string of the molecule is CC12C=CC(=O)C=C1CCC1C2C(O)CC2(C)C1CC[C@]2(O)C(=O)COC(=O)Cc1ccc(C(=O)c2ccccc2)cc1. The van der Waals surface area contributed by atoms with Gasteiger partial charge < -0.3 is 14.9 Å². The van der Waals surface area contributed by atoms with Crippen LogP contribution in [0.25, 0.3) is 0 Å². The van der Waals surface area contributed by atoms with E-state index in [-0.39, 0.29) is 48.6 Å². The van der Waals surface area contributed by atoms with Crippen molar-refractivity contribution in [2.75, 3.05) is 6.61 Å². The first-order chi connectivity index (χ1) is 20.5.